The summed E-state index contributed by atoms with van der Waals surface area (Å²) in [5.74, 6) is -0.178. The van der Waals surface area contributed by atoms with Gasteiger partial charge < -0.3 is 5.73 Å². The summed E-state index contributed by atoms with van der Waals surface area (Å²) in [7, 11) is -3.65. The summed E-state index contributed by atoms with van der Waals surface area (Å²) < 4.78 is 39.8. The van der Waals surface area contributed by atoms with Crippen molar-refractivity contribution in [2.75, 3.05) is 5.73 Å². The highest BCUT2D eigenvalue weighted by Gasteiger charge is 2.19. The topological polar surface area (TPSA) is 72.2 Å². The van der Waals surface area contributed by atoms with Gasteiger partial charge in [0.25, 0.3) is 0 Å². The number of anilines is 1. The highest BCUT2D eigenvalue weighted by molar-refractivity contribution is 7.89. The predicted molar refractivity (Wildman–Crippen MR) is 74.7 cm³/mol. The van der Waals surface area contributed by atoms with E-state index in [-0.39, 0.29) is 16.6 Å². The number of nitrogens with two attached hydrogens (primary N) is 1. The Kier molecular flexibility index (Phi) is 5.31. The van der Waals surface area contributed by atoms with Gasteiger partial charge in [-0.3, -0.25) is 0 Å². The van der Waals surface area contributed by atoms with Crippen LogP contribution >= 0.6 is 0 Å². The molecule has 0 saturated heterocycles. The Hall–Kier alpha value is -1.14. The van der Waals surface area contributed by atoms with Crippen LogP contribution in [-0.4, -0.2) is 14.5 Å². The van der Waals surface area contributed by atoms with Crippen LogP contribution in [0.3, 0.4) is 0 Å². The third kappa shape index (κ3) is 4.47. The first-order valence-corrected chi connectivity index (χ1v) is 7.82. The first-order chi connectivity index (χ1) is 8.76. The Balaban J connectivity index is 2.83. The van der Waals surface area contributed by atoms with Gasteiger partial charge in [0.05, 0.1) is 10.6 Å². The van der Waals surface area contributed by atoms with E-state index in [1.807, 2.05) is 6.92 Å². The van der Waals surface area contributed by atoms with Crippen LogP contribution in [0.25, 0.3) is 0 Å². The van der Waals surface area contributed by atoms with Crippen LogP contribution < -0.4 is 10.5 Å². The van der Waals surface area contributed by atoms with Crippen molar-refractivity contribution in [1.29, 1.82) is 0 Å². The summed E-state index contributed by atoms with van der Waals surface area (Å²) in [6, 6.07) is 3.23. The molecule has 1 aromatic carbocycles. The minimum Gasteiger partial charge on any atom is -0.396 e. The molecule has 0 radical (unpaired) electrons. The molecular formula is C13H21FN2O2S. The molecule has 0 aliphatic heterocycles. The molecule has 2 unspecified atom stereocenters. The van der Waals surface area contributed by atoms with Crippen LogP contribution in [-0.2, 0) is 10.0 Å². The zero-order chi connectivity index (χ0) is 14.6. The third-order valence-corrected chi connectivity index (χ3v) is 4.67. The van der Waals surface area contributed by atoms with Gasteiger partial charge in [-0.2, -0.15) is 0 Å². The molecule has 3 N–H and O–H groups in total. The maximum atomic E-state index is 13.0. The molecule has 1 aromatic rings. The van der Waals surface area contributed by atoms with Crippen LogP contribution in [0.4, 0.5) is 10.1 Å². The van der Waals surface area contributed by atoms with E-state index in [4.69, 9.17) is 5.73 Å². The molecule has 0 aliphatic carbocycles. The number of hydrogen-bond acceptors (Lipinski definition) is 3. The molecule has 0 fully saturated rings. The van der Waals surface area contributed by atoms with E-state index in [0.717, 1.165) is 25.0 Å². The molecule has 0 spiro atoms. The fourth-order valence-corrected chi connectivity index (χ4v) is 3.13. The van der Waals surface area contributed by atoms with Gasteiger partial charge >= 0.3 is 0 Å². The van der Waals surface area contributed by atoms with Crippen molar-refractivity contribution in [1.82, 2.24) is 4.72 Å². The fraction of sp³-hybridized carbons (Fsp3) is 0.538. The largest absolute Gasteiger partial charge is 0.396 e. The highest BCUT2D eigenvalue weighted by atomic mass is 32.2. The summed E-state index contributed by atoms with van der Waals surface area (Å²) in [5.41, 5.74) is 5.21. The number of sulfonamides is 1. The lowest BCUT2D eigenvalue weighted by Crippen LogP contribution is -2.33. The zero-order valence-corrected chi connectivity index (χ0v) is 12.3. The van der Waals surface area contributed by atoms with E-state index < -0.39 is 15.8 Å². The quantitative estimate of drug-likeness (QED) is 0.790. The van der Waals surface area contributed by atoms with Crippen LogP contribution in [0.5, 0.6) is 0 Å². The number of hydrogen-bond donors (Lipinski definition) is 2. The summed E-state index contributed by atoms with van der Waals surface area (Å²) in [4.78, 5) is -0.0117. The summed E-state index contributed by atoms with van der Waals surface area (Å²) in [5, 5.41) is 0. The Bertz CT molecular complexity index is 531. The highest BCUT2D eigenvalue weighted by Crippen LogP contribution is 2.18. The lowest BCUT2D eigenvalue weighted by Gasteiger charge is -2.17. The van der Waals surface area contributed by atoms with Crippen molar-refractivity contribution in [3.63, 3.8) is 0 Å². The van der Waals surface area contributed by atoms with Crippen molar-refractivity contribution in [2.24, 2.45) is 5.92 Å². The van der Waals surface area contributed by atoms with Crippen LogP contribution in [0, 0.1) is 11.7 Å². The Labute approximate surface area is 114 Å². The molecule has 0 aromatic heterocycles. The second-order valence-electron chi connectivity index (χ2n) is 4.95. The van der Waals surface area contributed by atoms with Crippen molar-refractivity contribution >= 4 is 15.7 Å². The van der Waals surface area contributed by atoms with Crippen molar-refractivity contribution < 1.29 is 12.8 Å². The molecule has 0 heterocycles. The number of halogens is 1. The summed E-state index contributed by atoms with van der Waals surface area (Å²) >= 11 is 0. The predicted octanol–water partition coefficient (Wildman–Crippen LogP) is 2.51. The Morgan fingerprint density at radius 2 is 2.00 bits per heavy atom. The van der Waals surface area contributed by atoms with Crippen molar-refractivity contribution in [2.45, 2.75) is 44.6 Å². The lowest BCUT2D eigenvalue weighted by molar-refractivity contribution is 0.445. The van der Waals surface area contributed by atoms with Gasteiger partial charge in [-0.05, 0) is 37.5 Å². The maximum Gasteiger partial charge on any atom is 0.240 e. The SMILES string of the molecule is CCC(C)CC(C)NS(=O)(=O)c1ccc(F)c(N)c1. The van der Waals surface area contributed by atoms with E-state index in [1.54, 1.807) is 0 Å². The molecule has 0 amide bonds. The number of rotatable bonds is 6. The van der Waals surface area contributed by atoms with Crippen LogP contribution in [0.15, 0.2) is 23.1 Å². The zero-order valence-electron chi connectivity index (χ0n) is 11.5. The number of benzene rings is 1. The van der Waals surface area contributed by atoms with Crippen LogP contribution in [0.1, 0.15) is 33.6 Å². The van der Waals surface area contributed by atoms with Gasteiger partial charge in [0, 0.05) is 6.04 Å². The molecule has 108 valence electrons. The van der Waals surface area contributed by atoms with E-state index in [9.17, 15) is 12.8 Å². The summed E-state index contributed by atoms with van der Waals surface area (Å²) in [6.07, 6.45) is 1.75. The standard InChI is InChI=1S/C13H21FN2O2S/c1-4-9(2)7-10(3)16-19(17,18)11-5-6-12(14)13(15)8-11/h5-6,8-10,16H,4,7,15H2,1-3H3. The second kappa shape index (κ2) is 6.34. The molecule has 0 saturated carbocycles. The van der Waals surface area contributed by atoms with E-state index >= 15 is 0 Å². The van der Waals surface area contributed by atoms with Gasteiger partial charge in [0.2, 0.25) is 10.0 Å². The Morgan fingerprint density at radius 1 is 1.37 bits per heavy atom. The third-order valence-electron chi connectivity index (χ3n) is 3.09. The maximum absolute atomic E-state index is 13.0. The number of nitrogens with one attached hydrogen (secondary N) is 1. The Morgan fingerprint density at radius 3 is 2.53 bits per heavy atom. The van der Waals surface area contributed by atoms with Crippen molar-refractivity contribution in [3.05, 3.63) is 24.0 Å². The normalized spacial score (nSPS) is 15.2. The van der Waals surface area contributed by atoms with Gasteiger partial charge in [-0.1, -0.05) is 20.3 Å². The van der Waals surface area contributed by atoms with Crippen LogP contribution in [0.2, 0.25) is 0 Å². The first kappa shape index (κ1) is 15.9. The minimum absolute atomic E-state index is 0.0117. The molecule has 4 nitrogen and oxygen atoms in total. The van der Waals surface area contributed by atoms with E-state index in [1.165, 1.54) is 6.07 Å². The molecule has 1 rings (SSSR count). The van der Waals surface area contributed by atoms with Gasteiger partial charge in [0.15, 0.2) is 0 Å². The molecule has 2 atom stereocenters. The fourth-order valence-electron chi connectivity index (χ4n) is 1.84. The molecule has 0 bridgehead atoms. The molecule has 19 heavy (non-hydrogen) atoms. The molecule has 6 heteroatoms. The van der Waals surface area contributed by atoms with E-state index in [2.05, 4.69) is 18.6 Å². The first-order valence-electron chi connectivity index (χ1n) is 6.33. The monoisotopic (exact) mass is 288 g/mol. The smallest absolute Gasteiger partial charge is 0.240 e. The average Bonchev–Trinajstić information content (AvgIpc) is 2.31. The summed E-state index contributed by atoms with van der Waals surface area (Å²) in [6.45, 7) is 5.95. The van der Waals surface area contributed by atoms with Gasteiger partial charge in [-0.25, -0.2) is 17.5 Å². The lowest BCUT2D eigenvalue weighted by atomic mass is 10.0. The molecule has 0 aliphatic rings. The minimum atomic E-state index is -3.65. The molecular weight excluding hydrogens is 267 g/mol. The second-order valence-corrected chi connectivity index (χ2v) is 6.67. The van der Waals surface area contributed by atoms with Crippen molar-refractivity contribution in [3.8, 4) is 0 Å². The van der Waals surface area contributed by atoms with Gasteiger partial charge in [-0.15, -0.1) is 0 Å². The number of nitrogen functional groups attached to an aromatic ring is 1. The van der Waals surface area contributed by atoms with E-state index in [0.29, 0.717) is 5.92 Å². The average molecular weight is 288 g/mol. The van der Waals surface area contributed by atoms with Gasteiger partial charge in [0.1, 0.15) is 5.82 Å².